The Hall–Kier alpha value is -1.25. The van der Waals surface area contributed by atoms with Crippen molar-refractivity contribution in [3.8, 4) is 0 Å². The first kappa shape index (κ1) is 12.8. The normalized spacial score (nSPS) is 24.1. The van der Waals surface area contributed by atoms with E-state index in [2.05, 4.69) is 0 Å². The Morgan fingerprint density at radius 1 is 1.62 bits per heavy atom. The van der Waals surface area contributed by atoms with Crippen LogP contribution in [0.5, 0.6) is 0 Å². The standard InChI is InChI=1S/C13H20O3/c1-10(2)7-12(14)15-9-13(4)6-5-11(3)8-16-13/h7-8H,5-6,9H2,1-4H3. The highest BCUT2D eigenvalue weighted by molar-refractivity contribution is 5.82. The van der Waals surface area contributed by atoms with Gasteiger partial charge in [-0.05, 0) is 46.1 Å². The molecule has 0 aromatic carbocycles. The zero-order valence-electron chi connectivity index (χ0n) is 10.5. The van der Waals surface area contributed by atoms with Gasteiger partial charge in [-0.1, -0.05) is 5.57 Å². The summed E-state index contributed by atoms with van der Waals surface area (Å²) in [5.41, 5.74) is 1.80. The molecule has 90 valence electrons. The lowest BCUT2D eigenvalue weighted by Gasteiger charge is -2.32. The topological polar surface area (TPSA) is 35.5 Å². The summed E-state index contributed by atoms with van der Waals surface area (Å²) in [5, 5.41) is 0. The molecule has 0 saturated carbocycles. The smallest absolute Gasteiger partial charge is 0.330 e. The van der Waals surface area contributed by atoms with Crippen LogP contribution in [0.15, 0.2) is 23.5 Å². The number of allylic oxidation sites excluding steroid dienone is 2. The third-order valence-electron chi connectivity index (χ3n) is 2.52. The monoisotopic (exact) mass is 224 g/mol. The second-order valence-corrected chi connectivity index (χ2v) is 4.86. The van der Waals surface area contributed by atoms with Crippen LogP contribution in [0.4, 0.5) is 0 Å². The summed E-state index contributed by atoms with van der Waals surface area (Å²) < 4.78 is 10.7. The van der Waals surface area contributed by atoms with Crippen molar-refractivity contribution in [3.63, 3.8) is 0 Å². The number of hydrogen-bond donors (Lipinski definition) is 0. The minimum atomic E-state index is -0.370. The van der Waals surface area contributed by atoms with Crippen molar-refractivity contribution < 1.29 is 14.3 Å². The molecule has 16 heavy (non-hydrogen) atoms. The first-order chi connectivity index (χ1) is 7.41. The van der Waals surface area contributed by atoms with Crippen molar-refractivity contribution in [2.45, 2.75) is 46.1 Å². The van der Waals surface area contributed by atoms with Crippen LogP contribution >= 0.6 is 0 Å². The number of esters is 1. The van der Waals surface area contributed by atoms with Gasteiger partial charge in [-0.2, -0.15) is 0 Å². The van der Waals surface area contributed by atoms with Crippen LogP contribution in [0.2, 0.25) is 0 Å². The molecule has 0 spiro atoms. The van der Waals surface area contributed by atoms with Gasteiger partial charge in [0, 0.05) is 6.08 Å². The van der Waals surface area contributed by atoms with Crippen LogP contribution < -0.4 is 0 Å². The molecule has 0 saturated heterocycles. The quantitative estimate of drug-likeness (QED) is 0.546. The van der Waals surface area contributed by atoms with E-state index in [0.29, 0.717) is 6.61 Å². The molecule has 1 atom stereocenters. The molecule has 0 aromatic heterocycles. The lowest BCUT2D eigenvalue weighted by molar-refractivity contribution is -0.146. The fourth-order valence-electron chi connectivity index (χ4n) is 1.43. The summed E-state index contributed by atoms with van der Waals surface area (Å²) in [4.78, 5) is 11.3. The highest BCUT2D eigenvalue weighted by Gasteiger charge is 2.29. The summed E-state index contributed by atoms with van der Waals surface area (Å²) in [7, 11) is 0. The molecule has 0 N–H and O–H groups in total. The van der Waals surface area contributed by atoms with E-state index in [0.717, 1.165) is 18.4 Å². The fourth-order valence-corrected chi connectivity index (χ4v) is 1.43. The maximum atomic E-state index is 11.3. The molecule has 0 radical (unpaired) electrons. The van der Waals surface area contributed by atoms with Crippen LogP contribution in [0.1, 0.15) is 40.5 Å². The second-order valence-electron chi connectivity index (χ2n) is 4.86. The molecular weight excluding hydrogens is 204 g/mol. The zero-order chi connectivity index (χ0) is 12.2. The molecule has 0 amide bonds. The van der Waals surface area contributed by atoms with Crippen molar-refractivity contribution in [1.29, 1.82) is 0 Å². The predicted molar refractivity (Wildman–Crippen MR) is 62.9 cm³/mol. The molecular formula is C13H20O3. The van der Waals surface area contributed by atoms with Gasteiger partial charge in [0.15, 0.2) is 0 Å². The van der Waals surface area contributed by atoms with Crippen LogP contribution in [-0.2, 0) is 14.3 Å². The van der Waals surface area contributed by atoms with Gasteiger partial charge in [0.05, 0.1) is 6.26 Å². The van der Waals surface area contributed by atoms with Gasteiger partial charge in [-0.15, -0.1) is 0 Å². The zero-order valence-corrected chi connectivity index (χ0v) is 10.5. The summed E-state index contributed by atoms with van der Waals surface area (Å²) in [6.45, 7) is 8.04. The van der Waals surface area contributed by atoms with Crippen molar-refractivity contribution in [3.05, 3.63) is 23.5 Å². The van der Waals surface area contributed by atoms with E-state index in [1.54, 1.807) is 6.26 Å². The van der Waals surface area contributed by atoms with Crippen molar-refractivity contribution in [1.82, 2.24) is 0 Å². The van der Waals surface area contributed by atoms with Crippen molar-refractivity contribution >= 4 is 5.97 Å². The highest BCUT2D eigenvalue weighted by Crippen LogP contribution is 2.26. The van der Waals surface area contributed by atoms with E-state index in [4.69, 9.17) is 9.47 Å². The third-order valence-corrected chi connectivity index (χ3v) is 2.52. The summed E-state index contributed by atoms with van der Waals surface area (Å²) in [6, 6.07) is 0. The molecule has 0 bridgehead atoms. The molecule has 3 heteroatoms. The first-order valence-electron chi connectivity index (χ1n) is 5.56. The third kappa shape index (κ3) is 4.09. The lowest BCUT2D eigenvalue weighted by Crippen LogP contribution is -2.35. The summed E-state index contributed by atoms with van der Waals surface area (Å²) >= 11 is 0. The minimum absolute atomic E-state index is 0.295. The largest absolute Gasteiger partial charge is 0.492 e. The predicted octanol–water partition coefficient (Wildman–Crippen LogP) is 2.97. The van der Waals surface area contributed by atoms with Gasteiger partial charge < -0.3 is 9.47 Å². The van der Waals surface area contributed by atoms with Crippen LogP contribution in [0.25, 0.3) is 0 Å². The van der Waals surface area contributed by atoms with Crippen molar-refractivity contribution in [2.24, 2.45) is 0 Å². The average Bonchev–Trinajstić information content (AvgIpc) is 2.20. The van der Waals surface area contributed by atoms with Gasteiger partial charge in [0.25, 0.3) is 0 Å². The Morgan fingerprint density at radius 2 is 2.31 bits per heavy atom. The van der Waals surface area contributed by atoms with Crippen molar-refractivity contribution in [2.75, 3.05) is 6.61 Å². The van der Waals surface area contributed by atoms with Gasteiger partial charge in [0.1, 0.15) is 12.2 Å². The molecule has 1 heterocycles. The summed E-state index contributed by atoms with van der Waals surface area (Å²) in [5.74, 6) is -0.295. The van der Waals surface area contributed by atoms with Gasteiger partial charge in [0.2, 0.25) is 0 Å². The molecule has 3 nitrogen and oxygen atoms in total. The van der Waals surface area contributed by atoms with E-state index >= 15 is 0 Å². The Bertz CT molecular complexity index is 324. The number of ether oxygens (including phenoxy) is 2. The Kier molecular flexibility index (Phi) is 4.16. The van der Waals surface area contributed by atoms with E-state index in [1.807, 2.05) is 27.7 Å². The minimum Gasteiger partial charge on any atom is -0.492 e. The Balaban J connectivity index is 2.44. The Labute approximate surface area is 97.1 Å². The molecule has 1 rings (SSSR count). The Morgan fingerprint density at radius 3 is 2.81 bits per heavy atom. The fraction of sp³-hybridized carbons (Fsp3) is 0.615. The van der Waals surface area contributed by atoms with E-state index in [9.17, 15) is 4.79 Å². The van der Waals surface area contributed by atoms with E-state index in [-0.39, 0.29) is 11.6 Å². The number of carbonyl (C=O) groups excluding carboxylic acids is 1. The molecule has 0 aromatic rings. The number of carbonyl (C=O) groups is 1. The maximum Gasteiger partial charge on any atom is 0.330 e. The van der Waals surface area contributed by atoms with Crippen LogP contribution in [0, 0.1) is 0 Å². The van der Waals surface area contributed by atoms with E-state index in [1.165, 1.54) is 11.6 Å². The van der Waals surface area contributed by atoms with Gasteiger partial charge in [-0.3, -0.25) is 0 Å². The van der Waals surface area contributed by atoms with Gasteiger partial charge in [-0.25, -0.2) is 4.79 Å². The highest BCUT2D eigenvalue weighted by atomic mass is 16.6. The first-order valence-corrected chi connectivity index (χ1v) is 5.56. The van der Waals surface area contributed by atoms with E-state index < -0.39 is 0 Å². The molecule has 1 aliphatic rings. The molecule has 0 fully saturated rings. The van der Waals surface area contributed by atoms with Crippen LogP contribution in [-0.4, -0.2) is 18.2 Å². The number of rotatable bonds is 3. The average molecular weight is 224 g/mol. The SMILES string of the molecule is CC(C)=CC(=O)OCC1(C)CCC(C)=CO1. The molecule has 1 unspecified atom stereocenters. The second kappa shape index (κ2) is 5.19. The molecule has 1 aliphatic heterocycles. The van der Waals surface area contributed by atoms with Gasteiger partial charge >= 0.3 is 5.97 Å². The maximum absolute atomic E-state index is 11.3. The number of hydrogen-bond acceptors (Lipinski definition) is 3. The lowest BCUT2D eigenvalue weighted by atomic mass is 9.96. The summed E-state index contributed by atoms with van der Waals surface area (Å²) in [6.07, 6.45) is 5.14. The molecule has 0 aliphatic carbocycles. The van der Waals surface area contributed by atoms with Crippen LogP contribution in [0.3, 0.4) is 0 Å².